The molecule has 0 spiro atoms. The summed E-state index contributed by atoms with van der Waals surface area (Å²) in [6.07, 6.45) is 1.47. The summed E-state index contributed by atoms with van der Waals surface area (Å²) in [5.74, 6) is -1.26. The van der Waals surface area contributed by atoms with Crippen LogP contribution < -0.4 is 19.9 Å². The van der Waals surface area contributed by atoms with Crippen molar-refractivity contribution in [2.75, 3.05) is 29.3 Å². The van der Waals surface area contributed by atoms with Crippen molar-refractivity contribution in [2.24, 2.45) is 0 Å². The Morgan fingerprint density at radius 2 is 1.94 bits per heavy atom. The summed E-state index contributed by atoms with van der Waals surface area (Å²) in [6.45, 7) is 6.11. The van der Waals surface area contributed by atoms with E-state index >= 15 is 4.39 Å². The van der Waals surface area contributed by atoms with Gasteiger partial charge in [-0.1, -0.05) is 0 Å². The summed E-state index contributed by atoms with van der Waals surface area (Å²) in [6, 6.07) is 7.01. The molecule has 0 amide bonds. The molecule has 9 nitrogen and oxygen atoms in total. The fourth-order valence-corrected chi connectivity index (χ4v) is 4.21. The van der Waals surface area contributed by atoms with Gasteiger partial charge in [-0.3, -0.25) is 10.1 Å². The summed E-state index contributed by atoms with van der Waals surface area (Å²) in [7, 11) is 3.17. The Kier molecular flexibility index (Phi) is 5.94. The highest BCUT2D eigenvalue weighted by molar-refractivity contribution is 5.83. The second-order valence-electron chi connectivity index (χ2n) is 8.22. The molecule has 11 heteroatoms. The largest absolute Gasteiger partial charge is 0.494 e. The van der Waals surface area contributed by atoms with E-state index in [9.17, 15) is 14.5 Å². The number of fused-ring (bicyclic) bond motifs is 1. The van der Waals surface area contributed by atoms with Gasteiger partial charge < -0.3 is 19.9 Å². The first-order valence-electron chi connectivity index (χ1n) is 10.6. The monoisotopic (exact) mass is 470 g/mol. The summed E-state index contributed by atoms with van der Waals surface area (Å²) in [5, 5.41) is 14.0. The molecule has 1 aliphatic rings. The van der Waals surface area contributed by atoms with Crippen molar-refractivity contribution in [1.82, 2.24) is 9.97 Å². The Morgan fingerprint density at radius 1 is 1.21 bits per heavy atom. The maximum atomic E-state index is 15.2. The molecule has 0 aliphatic carbocycles. The lowest BCUT2D eigenvalue weighted by atomic mass is 10.1. The van der Waals surface area contributed by atoms with E-state index in [-0.39, 0.29) is 35.4 Å². The predicted molar refractivity (Wildman–Crippen MR) is 126 cm³/mol. The number of methoxy groups -OCH3 is 1. The SMILES string of the molecule is COc1cc(F)c([N+](=O)[O-])cc1Nc1nccc(-c2cc(F)c3c(c2)N(C(C)C)C(C)N3C)n1. The van der Waals surface area contributed by atoms with Crippen molar-refractivity contribution in [2.45, 2.75) is 33.0 Å². The number of halogens is 2. The molecule has 0 radical (unpaired) electrons. The number of nitro groups is 1. The Bertz CT molecular complexity index is 1270. The normalized spacial score (nSPS) is 15.0. The summed E-state index contributed by atoms with van der Waals surface area (Å²) in [5.41, 5.74) is 1.69. The van der Waals surface area contributed by atoms with Crippen molar-refractivity contribution < 1.29 is 18.4 Å². The molecule has 0 fully saturated rings. The minimum Gasteiger partial charge on any atom is -0.494 e. The van der Waals surface area contributed by atoms with E-state index in [2.05, 4.69) is 20.2 Å². The number of rotatable bonds is 6. The van der Waals surface area contributed by atoms with E-state index in [4.69, 9.17) is 4.74 Å². The van der Waals surface area contributed by atoms with Crippen LogP contribution >= 0.6 is 0 Å². The van der Waals surface area contributed by atoms with Gasteiger partial charge >= 0.3 is 5.69 Å². The maximum Gasteiger partial charge on any atom is 0.307 e. The molecular weight excluding hydrogens is 446 g/mol. The molecule has 0 bridgehead atoms. The zero-order valence-electron chi connectivity index (χ0n) is 19.3. The molecule has 3 aromatic rings. The standard InChI is InChI=1S/C23H24F2N6O3/c1-12(2)30-13(3)29(4)22-16(25)8-14(9-20(22)30)17-6-7-26-23(27-17)28-18-11-19(31(32)33)15(24)10-21(18)34-5/h6-13H,1-5H3,(H,26,27,28). The second-order valence-corrected chi connectivity index (χ2v) is 8.22. The number of anilines is 4. The quantitative estimate of drug-likeness (QED) is 0.393. The van der Waals surface area contributed by atoms with Crippen LogP contribution in [0.3, 0.4) is 0 Å². The molecule has 0 saturated carbocycles. The van der Waals surface area contributed by atoms with Crippen LogP contribution in [-0.2, 0) is 0 Å². The fraction of sp³-hybridized carbons (Fsp3) is 0.304. The van der Waals surface area contributed by atoms with Gasteiger partial charge in [-0.25, -0.2) is 14.4 Å². The molecule has 178 valence electrons. The Morgan fingerprint density at radius 3 is 2.59 bits per heavy atom. The molecule has 0 saturated heterocycles. The smallest absolute Gasteiger partial charge is 0.307 e. The van der Waals surface area contributed by atoms with E-state index in [0.29, 0.717) is 16.9 Å². The van der Waals surface area contributed by atoms with E-state index in [1.165, 1.54) is 19.4 Å². The minimum absolute atomic E-state index is 0.0101. The zero-order valence-corrected chi connectivity index (χ0v) is 19.3. The molecule has 34 heavy (non-hydrogen) atoms. The molecule has 2 heterocycles. The van der Waals surface area contributed by atoms with Crippen molar-refractivity contribution >= 4 is 28.7 Å². The maximum absolute atomic E-state index is 15.2. The van der Waals surface area contributed by atoms with Gasteiger partial charge in [0.1, 0.15) is 11.6 Å². The zero-order chi connectivity index (χ0) is 24.7. The molecule has 1 N–H and O–H groups in total. The van der Waals surface area contributed by atoms with E-state index in [0.717, 1.165) is 17.8 Å². The number of nitrogens with zero attached hydrogens (tertiary/aromatic N) is 5. The van der Waals surface area contributed by atoms with Gasteiger partial charge in [0.2, 0.25) is 11.8 Å². The highest BCUT2D eigenvalue weighted by Gasteiger charge is 2.35. The Balaban J connectivity index is 1.73. The van der Waals surface area contributed by atoms with Crippen LogP contribution in [0.25, 0.3) is 11.3 Å². The molecule has 1 unspecified atom stereocenters. The lowest BCUT2D eigenvalue weighted by molar-refractivity contribution is -0.387. The third-order valence-electron chi connectivity index (χ3n) is 5.86. The van der Waals surface area contributed by atoms with Crippen LogP contribution in [0.1, 0.15) is 20.8 Å². The summed E-state index contributed by atoms with van der Waals surface area (Å²) >= 11 is 0. The number of nitro benzene ring substituents is 1. The van der Waals surface area contributed by atoms with Crippen LogP contribution in [0.4, 0.5) is 37.5 Å². The highest BCUT2D eigenvalue weighted by Crippen LogP contribution is 2.44. The molecule has 2 aromatic carbocycles. The van der Waals surface area contributed by atoms with Gasteiger partial charge in [-0.2, -0.15) is 4.39 Å². The molecule has 4 rings (SSSR count). The van der Waals surface area contributed by atoms with Gasteiger partial charge in [-0.15, -0.1) is 0 Å². The minimum atomic E-state index is -1.02. The fourth-order valence-electron chi connectivity index (χ4n) is 4.21. The van der Waals surface area contributed by atoms with E-state index < -0.39 is 16.4 Å². The molecule has 1 atom stereocenters. The van der Waals surface area contributed by atoms with Crippen LogP contribution in [-0.4, -0.2) is 41.3 Å². The van der Waals surface area contributed by atoms with Gasteiger partial charge in [0.25, 0.3) is 0 Å². The second kappa shape index (κ2) is 8.73. The van der Waals surface area contributed by atoms with Gasteiger partial charge in [0, 0.05) is 37.0 Å². The lowest BCUT2D eigenvalue weighted by Gasteiger charge is -2.31. The number of hydrogen-bond acceptors (Lipinski definition) is 8. The Labute approximate surface area is 195 Å². The molecular formula is C23H24F2N6O3. The van der Waals surface area contributed by atoms with Gasteiger partial charge in [-0.05, 0) is 39.0 Å². The topological polar surface area (TPSA) is 96.7 Å². The van der Waals surface area contributed by atoms with Crippen LogP contribution in [0.2, 0.25) is 0 Å². The first kappa shape index (κ1) is 23.1. The van der Waals surface area contributed by atoms with Crippen molar-refractivity contribution in [3.05, 3.63) is 58.3 Å². The van der Waals surface area contributed by atoms with Crippen molar-refractivity contribution in [3.63, 3.8) is 0 Å². The van der Waals surface area contributed by atoms with Gasteiger partial charge in [0.15, 0.2) is 0 Å². The highest BCUT2D eigenvalue weighted by atomic mass is 19.1. The van der Waals surface area contributed by atoms with E-state index in [1.54, 1.807) is 6.07 Å². The first-order chi connectivity index (χ1) is 16.1. The molecule has 1 aromatic heterocycles. The number of hydrogen-bond donors (Lipinski definition) is 1. The third-order valence-corrected chi connectivity index (χ3v) is 5.86. The number of nitrogens with one attached hydrogen (secondary N) is 1. The average molecular weight is 470 g/mol. The van der Waals surface area contributed by atoms with Crippen LogP contribution in [0, 0.1) is 21.7 Å². The van der Waals surface area contributed by atoms with E-state index in [1.807, 2.05) is 38.8 Å². The average Bonchev–Trinajstić information content (AvgIpc) is 3.05. The first-order valence-corrected chi connectivity index (χ1v) is 10.6. The summed E-state index contributed by atoms with van der Waals surface area (Å²) in [4.78, 5) is 22.9. The predicted octanol–water partition coefficient (Wildman–Crippen LogP) is 5.09. The van der Waals surface area contributed by atoms with Crippen LogP contribution in [0.5, 0.6) is 5.75 Å². The van der Waals surface area contributed by atoms with Crippen molar-refractivity contribution in [3.8, 4) is 17.0 Å². The van der Waals surface area contributed by atoms with Crippen LogP contribution in [0.15, 0.2) is 36.5 Å². The number of benzene rings is 2. The third kappa shape index (κ3) is 3.93. The number of ether oxygens (including phenoxy) is 1. The summed E-state index contributed by atoms with van der Waals surface area (Å²) < 4.78 is 34.2. The number of aromatic nitrogens is 2. The Hall–Kier alpha value is -4.02. The van der Waals surface area contributed by atoms with Gasteiger partial charge in [0.05, 0.1) is 41.0 Å². The lowest BCUT2D eigenvalue weighted by Crippen LogP contribution is -2.42. The molecule has 1 aliphatic heterocycles. The van der Waals surface area contributed by atoms with Crippen molar-refractivity contribution in [1.29, 1.82) is 0 Å².